The van der Waals surface area contributed by atoms with Gasteiger partial charge in [-0.3, -0.25) is 19.2 Å². The Morgan fingerprint density at radius 2 is 1.90 bits per heavy atom. The maximum atomic E-state index is 12.5. The molecule has 2 heterocycles. The highest BCUT2D eigenvalue weighted by Gasteiger charge is 2.29. The Morgan fingerprint density at radius 1 is 1.13 bits per heavy atom. The van der Waals surface area contributed by atoms with Crippen molar-refractivity contribution in [3.8, 4) is 0 Å². The Bertz CT molecular complexity index is 1120. The van der Waals surface area contributed by atoms with E-state index in [0.29, 0.717) is 5.56 Å². The van der Waals surface area contributed by atoms with Gasteiger partial charge in [0.2, 0.25) is 11.8 Å². The molecule has 0 bridgehead atoms. The van der Waals surface area contributed by atoms with E-state index in [0.717, 1.165) is 22.4 Å². The van der Waals surface area contributed by atoms with Gasteiger partial charge in [0.15, 0.2) is 12.4 Å². The van der Waals surface area contributed by atoms with E-state index < -0.39 is 18.6 Å². The van der Waals surface area contributed by atoms with Crippen molar-refractivity contribution >= 4 is 35.3 Å². The van der Waals surface area contributed by atoms with E-state index in [1.165, 1.54) is 11.8 Å². The lowest BCUT2D eigenvalue weighted by molar-refractivity contribution is -0.144. The zero-order valence-electron chi connectivity index (χ0n) is 17.3. The summed E-state index contributed by atoms with van der Waals surface area (Å²) < 4.78 is 5.24. The van der Waals surface area contributed by atoms with Gasteiger partial charge in [0.05, 0.1) is 18.9 Å². The maximum Gasteiger partial charge on any atom is 0.308 e. The van der Waals surface area contributed by atoms with Crippen molar-refractivity contribution < 1.29 is 23.9 Å². The fraction of sp³-hybridized carbons (Fsp3) is 0.250. The Kier molecular flexibility index (Phi) is 5.42. The molecule has 0 aliphatic carbocycles. The second-order valence-electron chi connectivity index (χ2n) is 7.65. The number of anilines is 1. The van der Waals surface area contributed by atoms with Gasteiger partial charge in [0.25, 0.3) is 0 Å². The lowest BCUT2D eigenvalue weighted by Gasteiger charge is -2.32. The van der Waals surface area contributed by atoms with Crippen molar-refractivity contribution in [1.82, 2.24) is 4.90 Å². The van der Waals surface area contributed by atoms with Crippen LogP contribution in [0.5, 0.6) is 0 Å². The maximum absolute atomic E-state index is 12.5. The van der Waals surface area contributed by atoms with Crippen LogP contribution in [0.1, 0.15) is 46.4 Å². The molecule has 0 aromatic heterocycles. The number of benzene rings is 2. The van der Waals surface area contributed by atoms with Crippen molar-refractivity contribution in [2.24, 2.45) is 0 Å². The molecule has 0 saturated heterocycles. The molecule has 2 aliphatic heterocycles. The molecular weight excluding hydrogens is 396 g/mol. The number of nitrogens with zero attached hydrogens (tertiary/aromatic N) is 2. The van der Waals surface area contributed by atoms with Crippen molar-refractivity contribution in [2.45, 2.75) is 25.8 Å². The summed E-state index contributed by atoms with van der Waals surface area (Å²) in [5.41, 5.74) is 3.76. The second kappa shape index (κ2) is 8.18. The van der Waals surface area contributed by atoms with Crippen LogP contribution >= 0.6 is 0 Å². The summed E-state index contributed by atoms with van der Waals surface area (Å²) in [4.78, 5) is 51.9. The molecule has 1 atom stereocenters. The third-order valence-electron chi connectivity index (χ3n) is 5.67. The summed E-state index contributed by atoms with van der Waals surface area (Å²) in [6.07, 6.45) is 3.69. The number of Topliss-reactive ketones (excluding diaryl/α,β-unsaturated/α-hetero) is 1. The number of esters is 1. The van der Waals surface area contributed by atoms with Crippen LogP contribution in [0.2, 0.25) is 0 Å². The number of rotatable bonds is 5. The number of ketones is 1. The Balaban J connectivity index is 1.42. The molecule has 0 N–H and O–H groups in total. The average molecular weight is 418 g/mol. The number of hydrogen-bond donors (Lipinski definition) is 0. The molecule has 7 nitrogen and oxygen atoms in total. The number of carbonyl (C=O) groups excluding carboxylic acids is 4. The predicted molar refractivity (Wildman–Crippen MR) is 114 cm³/mol. The highest BCUT2D eigenvalue weighted by Crippen LogP contribution is 2.33. The molecule has 31 heavy (non-hydrogen) atoms. The summed E-state index contributed by atoms with van der Waals surface area (Å²) >= 11 is 0. The number of ether oxygens (including phenoxy) is 1. The summed E-state index contributed by atoms with van der Waals surface area (Å²) in [5.74, 6) is -1.11. The smallest absolute Gasteiger partial charge is 0.308 e. The first-order chi connectivity index (χ1) is 14.8. The first-order valence-corrected chi connectivity index (χ1v) is 9.99. The van der Waals surface area contributed by atoms with Gasteiger partial charge in [-0.2, -0.15) is 0 Å². The van der Waals surface area contributed by atoms with Crippen LogP contribution in [0.25, 0.3) is 6.08 Å². The number of carbonyl (C=O) groups is 4. The van der Waals surface area contributed by atoms with E-state index in [-0.39, 0.29) is 30.4 Å². The van der Waals surface area contributed by atoms with Crippen LogP contribution in [0.15, 0.2) is 48.7 Å². The van der Waals surface area contributed by atoms with Crippen LogP contribution in [0, 0.1) is 0 Å². The van der Waals surface area contributed by atoms with Crippen LogP contribution in [0.4, 0.5) is 5.69 Å². The van der Waals surface area contributed by atoms with Gasteiger partial charge in [-0.25, -0.2) is 0 Å². The van der Waals surface area contributed by atoms with Crippen LogP contribution < -0.4 is 4.90 Å². The van der Waals surface area contributed by atoms with E-state index in [1.54, 1.807) is 36.3 Å². The van der Waals surface area contributed by atoms with Gasteiger partial charge in [-0.15, -0.1) is 0 Å². The van der Waals surface area contributed by atoms with Gasteiger partial charge >= 0.3 is 5.97 Å². The average Bonchev–Trinajstić information content (AvgIpc) is 3.05. The minimum Gasteiger partial charge on any atom is -0.457 e. The third kappa shape index (κ3) is 3.99. The van der Waals surface area contributed by atoms with Crippen LogP contribution in [-0.2, 0) is 25.5 Å². The molecule has 2 aromatic rings. The predicted octanol–water partition coefficient (Wildman–Crippen LogP) is 2.90. The standard InChI is InChI=1S/C24H22N2O5/c1-15(27)26-10-9-16-5-3-4-6-19(16)21(26)13-24(30)31-14-22(28)17-7-8-20-18(11-17)12-23(29)25(20)2/h3-11,21H,12-14H2,1-2H3/t21-/m0/s1. The quantitative estimate of drug-likeness (QED) is 0.551. The molecule has 4 rings (SSSR count). The molecule has 2 aliphatic rings. The van der Waals surface area contributed by atoms with E-state index >= 15 is 0 Å². The molecule has 7 heteroatoms. The van der Waals surface area contributed by atoms with Crippen molar-refractivity contribution in [3.63, 3.8) is 0 Å². The highest BCUT2D eigenvalue weighted by molar-refractivity contribution is 6.04. The lowest BCUT2D eigenvalue weighted by atomic mass is 9.94. The first kappa shape index (κ1) is 20.5. The molecule has 158 valence electrons. The zero-order chi connectivity index (χ0) is 22.1. The number of fused-ring (bicyclic) bond motifs is 2. The Morgan fingerprint density at radius 3 is 2.68 bits per heavy atom. The van der Waals surface area contributed by atoms with E-state index in [2.05, 4.69) is 0 Å². The molecule has 0 unspecified atom stereocenters. The first-order valence-electron chi connectivity index (χ1n) is 9.99. The Hall–Kier alpha value is -3.74. The summed E-state index contributed by atoms with van der Waals surface area (Å²) in [7, 11) is 1.69. The number of amides is 2. The van der Waals surface area contributed by atoms with Crippen LogP contribution in [-0.4, -0.2) is 42.1 Å². The van der Waals surface area contributed by atoms with E-state index in [9.17, 15) is 19.2 Å². The highest BCUT2D eigenvalue weighted by atomic mass is 16.5. The largest absolute Gasteiger partial charge is 0.457 e. The summed E-state index contributed by atoms with van der Waals surface area (Å²) in [6.45, 7) is 1.04. The Labute approximate surface area is 179 Å². The van der Waals surface area contributed by atoms with Crippen molar-refractivity contribution in [3.05, 3.63) is 70.9 Å². The van der Waals surface area contributed by atoms with E-state index in [4.69, 9.17) is 4.74 Å². The minimum absolute atomic E-state index is 0.0251. The van der Waals surface area contributed by atoms with Gasteiger partial charge in [0, 0.05) is 31.4 Å². The van der Waals surface area contributed by atoms with Gasteiger partial charge in [-0.1, -0.05) is 24.3 Å². The van der Waals surface area contributed by atoms with Crippen LogP contribution in [0.3, 0.4) is 0 Å². The summed E-state index contributed by atoms with van der Waals surface area (Å²) in [6, 6.07) is 12.1. The summed E-state index contributed by atoms with van der Waals surface area (Å²) in [5, 5.41) is 0. The third-order valence-corrected chi connectivity index (χ3v) is 5.67. The van der Waals surface area contributed by atoms with Crippen molar-refractivity contribution in [2.75, 3.05) is 18.6 Å². The molecule has 0 saturated carbocycles. The number of likely N-dealkylation sites (N-methyl/N-ethyl adjacent to an activating group) is 1. The second-order valence-corrected chi connectivity index (χ2v) is 7.65. The van der Waals surface area contributed by atoms with Crippen molar-refractivity contribution in [1.29, 1.82) is 0 Å². The normalized spacial score (nSPS) is 16.7. The molecule has 0 radical (unpaired) electrons. The topological polar surface area (TPSA) is 84.0 Å². The molecule has 0 fully saturated rings. The minimum atomic E-state index is -0.564. The zero-order valence-corrected chi connectivity index (χ0v) is 17.3. The fourth-order valence-electron chi connectivity index (χ4n) is 4.00. The number of hydrogen-bond acceptors (Lipinski definition) is 5. The van der Waals surface area contributed by atoms with Gasteiger partial charge in [0.1, 0.15) is 0 Å². The molecule has 2 aromatic carbocycles. The van der Waals surface area contributed by atoms with E-state index in [1.807, 2.05) is 30.3 Å². The molecule has 0 spiro atoms. The monoisotopic (exact) mass is 418 g/mol. The fourth-order valence-corrected chi connectivity index (χ4v) is 4.00. The van der Waals surface area contributed by atoms with Gasteiger partial charge in [-0.05, 0) is 41.0 Å². The molecular formula is C24H22N2O5. The SMILES string of the molecule is CC(=O)N1C=Cc2ccccc2[C@@H]1CC(=O)OCC(=O)c1ccc2c(c1)CC(=O)N2C. The lowest BCUT2D eigenvalue weighted by Crippen LogP contribution is -2.32. The molecule has 2 amide bonds. The van der Waals surface area contributed by atoms with Gasteiger partial charge < -0.3 is 14.5 Å².